The summed E-state index contributed by atoms with van der Waals surface area (Å²) < 4.78 is 0. The number of benzene rings is 2. The molecule has 0 aliphatic carbocycles. The first-order valence-corrected chi connectivity index (χ1v) is 9.03. The Bertz CT molecular complexity index is 1130. The van der Waals surface area contributed by atoms with Crippen LogP contribution in [0.25, 0.3) is 10.9 Å². The molecule has 0 aliphatic rings. The first-order chi connectivity index (χ1) is 13.7. The van der Waals surface area contributed by atoms with Gasteiger partial charge in [-0.05, 0) is 23.8 Å². The van der Waals surface area contributed by atoms with Crippen molar-refractivity contribution in [3.8, 4) is 0 Å². The van der Waals surface area contributed by atoms with Gasteiger partial charge in [-0.15, -0.1) is 0 Å². The van der Waals surface area contributed by atoms with E-state index in [-0.39, 0.29) is 5.91 Å². The molecule has 138 valence electrons. The number of para-hydroxylation sites is 1. The van der Waals surface area contributed by atoms with Gasteiger partial charge in [0, 0.05) is 35.5 Å². The minimum Gasteiger partial charge on any atom is -0.348 e. The van der Waals surface area contributed by atoms with E-state index < -0.39 is 0 Å². The van der Waals surface area contributed by atoms with Crippen molar-refractivity contribution in [3.63, 3.8) is 0 Å². The second kappa shape index (κ2) is 8.02. The fraction of sp³-hybridized carbons (Fsp3) is 0.0476. The monoisotopic (exact) mass is 389 g/mol. The van der Waals surface area contributed by atoms with Crippen molar-refractivity contribution < 1.29 is 4.79 Å². The lowest BCUT2D eigenvalue weighted by molar-refractivity contribution is 0.0950. The zero-order chi connectivity index (χ0) is 19.3. The third kappa shape index (κ3) is 3.92. The first kappa shape index (κ1) is 17.9. The van der Waals surface area contributed by atoms with Gasteiger partial charge in [0.1, 0.15) is 0 Å². The second-order valence-corrected chi connectivity index (χ2v) is 6.48. The average Bonchev–Trinajstić information content (AvgIpc) is 2.74. The Kier molecular flexibility index (Phi) is 5.12. The first-order valence-electron chi connectivity index (χ1n) is 8.65. The Hall–Kier alpha value is -3.51. The molecular formula is C21H16ClN5O. The third-order valence-corrected chi connectivity index (χ3v) is 4.56. The summed E-state index contributed by atoms with van der Waals surface area (Å²) in [6, 6.07) is 17.1. The van der Waals surface area contributed by atoms with Crippen LogP contribution in [0.1, 0.15) is 15.9 Å². The predicted octanol–water partition coefficient (Wildman–Crippen LogP) is 4.35. The second-order valence-electron chi connectivity index (χ2n) is 6.08. The summed E-state index contributed by atoms with van der Waals surface area (Å²) in [5, 5.41) is 7.59. The van der Waals surface area contributed by atoms with E-state index in [1.54, 1.807) is 12.3 Å². The summed E-state index contributed by atoms with van der Waals surface area (Å²) in [6.07, 6.45) is 4.70. The molecule has 2 N–H and O–H groups in total. The number of carbonyl (C=O) groups excluding carboxylic acids is 1. The van der Waals surface area contributed by atoms with Crippen molar-refractivity contribution in [3.05, 3.63) is 89.3 Å². The van der Waals surface area contributed by atoms with E-state index in [4.69, 9.17) is 11.6 Å². The van der Waals surface area contributed by atoms with Gasteiger partial charge in [-0.3, -0.25) is 9.78 Å². The highest BCUT2D eigenvalue weighted by Crippen LogP contribution is 2.22. The maximum atomic E-state index is 12.3. The lowest BCUT2D eigenvalue weighted by Crippen LogP contribution is -2.23. The van der Waals surface area contributed by atoms with Crippen LogP contribution in [0.4, 0.5) is 11.6 Å². The maximum Gasteiger partial charge on any atom is 0.254 e. The van der Waals surface area contributed by atoms with Crippen LogP contribution in [0, 0.1) is 0 Å². The molecule has 28 heavy (non-hydrogen) atoms. The van der Waals surface area contributed by atoms with Gasteiger partial charge in [0.2, 0.25) is 5.95 Å². The van der Waals surface area contributed by atoms with Gasteiger partial charge in [0.15, 0.2) is 0 Å². The summed E-state index contributed by atoms with van der Waals surface area (Å²) in [7, 11) is 0. The molecule has 4 aromatic rings. The number of hydrogen-bond donors (Lipinski definition) is 2. The Labute approximate surface area is 166 Å². The number of carbonyl (C=O) groups is 1. The molecule has 2 aromatic carbocycles. The zero-order valence-corrected chi connectivity index (χ0v) is 15.5. The Balaban J connectivity index is 1.45. The standard InChI is InChI=1S/C21H16ClN5O/c22-17-8-2-1-5-15(17)11-24-20(28)16-12-25-21(26-13-16)27-18-9-3-6-14-7-4-10-23-19(14)18/h1-10,12-13H,11H2,(H,24,28)(H,25,26,27). The molecule has 0 radical (unpaired) electrons. The van der Waals surface area contributed by atoms with Crippen LogP contribution in [0.3, 0.4) is 0 Å². The number of anilines is 2. The molecule has 0 unspecified atom stereocenters. The van der Waals surface area contributed by atoms with E-state index in [0.29, 0.717) is 23.1 Å². The molecule has 0 saturated carbocycles. The third-order valence-electron chi connectivity index (χ3n) is 4.19. The summed E-state index contributed by atoms with van der Waals surface area (Å²) in [5.41, 5.74) is 2.85. The summed E-state index contributed by atoms with van der Waals surface area (Å²) in [5.74, 6) is 0.124. The van der Waals surface area contributed by atoms with Gasteiger partial charge in [-0.25, -0.2) is 9.97 Å². The van der Waals surface area contributed by atoms with Gasteiger partial charge in [0.05, 0.1) is 16.8 Å². The molecular weight excluding hydrogens is 374 g/mol. The molecule has 0 spiro atoms. The van der Waals surface area contributed by atoms with Gasteiger partial charge in [-0.2, -0.15) is 0 Å². The largest absolute Gasteiger partial charge is 0.348 e. The fourth-order valence-electron chi connectivity index (χ4n) is 2.75. The molecule has 0 bridgehead atoms. The molecule has 0 fully saturated rings. The van der Waals surface area contributed by atoms with Crippen LogP contribution in [0.5, 0.6) is 0 Å². The van der Waals surface area contributed by atoms with E-state index in [0.717, 1.165) is 22.2 Å². The number of pyridine rings is 1. The van der Waals surface area contributed by atoms with Crippen molar-refractivity contribution in [2.75, 3.05) is 5.32 Å². The molecule has 0 atom stereocenters. The van der Waals surface area contributed by atoms with Crippen molar-refractivity contribution in [1.82, 2.24) is 20.3 Å². The van der Waals surface area contributed by atoms with Crippen molar-refractivity contribution >= 4 is 40.0 Å². The minimum absolute atomic E-state index is 0.265. The SMILES string of the molecule is O=C(NCc1ccccc1Cl)c1cnc(Nc2cccc3cccnc23)nc1. The predicted molar refractivity (Wildman–Crippen MR) is 110 cm³/mol. The molecule has 4 rings (SSSR count). The van der Waals surface area contributed by atoms with Crippen molar-refractivity contribution in [1.29, 1.82) is 0 Å². The lowest BCUT2D eigenvalue weighted by Gasteiger charge is -2.09. The van der Waals surface area contributed by atoms with E-state index in [9.17, 15) is 4.79 Å². The van der Waals surface area contributed by atoms with E-state index in [2.05, 4.69) is 25.6 Å². The van der Waals surface area contributed by atoms with E-state index in [1.165, 1.54) is 12.4 Å². The highest BCUT2D eigenvalue weighted by molar-refractivity contribution is 6.31. The van der Waals surface area contributed by atoms with Gasteiger partial charge >= 0.3 is 0 Å². The van der Waals surface area contributed by atoms with Crippen LogP contribution in [0.2, 0.25) is 5.02 Å². The topological polar surface area (TPSA) is 79.8 Å². The number of rotatable bonds is 5. The number of aromatic nitrogens is 3. The molecule has 6 nitrogen and oxygen atoms in total. The molecule has 0 aliphatic heterocycles. The molecule has 0 saturated heterocycles. The summed E-state index contributed by atoms with van der Waals surface area (Å²) >= 11 is 6.10. The average molecular weight is 390 g/mol. The van der Waals surface area contributed by atoms with Gasteiger partial charge in [-0.1, -0.05) is 48.0 Å². The number of halogens is 1. The number of hydrogen-bond acceptors (Lipinski definition) is 5. The molecule has 2 heterocycles. The summed E-state index contributed by atoms with van der Waals surface area (Å²) in [4.78, 5) is 25.2. The van der Waals surface area contributed by atoms with Crippen LogP contribution < -0.4 is 10.6 Å². The number of amides is 1. The van der Waals surface area contributed by atoms with Crippen molar-refractivity contribution in [2.24, 2.45) is 0 Å². The van der Waals surface area contributed by atoms with E-state index >= 15 is 0 Å². The van der Waals surface area contributed by atoms with Crippen LogP contribution in [-0.4, -0.2) is 20.9 Å². The molecule has 2 aromatic heterocycles. The highest BCUT2D eigenvalue weighted by atomic mass is 35.5. The van der Waals surface area contributed by atoms with Crippen LogP contribution in [0.15, 0.2) is 73.2 Å². The molecule has 7 heteroatoms. The van der Waals surface area contributed by atoms with Crippen LogP contribution >= 0.6 is 11.6 Å². The Morgan fingerprint density at radius 2 is 1.71 bits per heavy atom. The lowest BCUT2D eigenvalue weighted by atomic mass is 10.2. The highest BCUT2D eigenvalue weighted by Gasteiger charge is 2.09. The van der Waals surface area contributed by atoms with Crippen molar-refractivity contribution in [2.45, 2.75) is 6.54 Å². The Morgan fingerprint density at radius 3 is 2.54 bits per heavy atom. The Morgan fingerprint density at radius 1 is 0.929 bits per heavy atom. The van der Waals surface area contributed by atoms with Gasteiger partial charge in [0.25, 0.3) is 5.91 Å². The molecule has 1 amide bonds. The zero-order valence-electron chi connectivity index (χ0n) is 14.8. The smallest absolute Gasteiger partial charge is 0.254 e. The summed E-state index contributed by atoms with van der Waals surface area (Å²) in [6.45, 7) is 0.334. The fourth-order valence-corrected chi connectivity index (χ4v) is 2.96. The maximum absolute atomic E-state index is 12.3. The van der Waals surface area contributed by atoms with E-state index in [1.807, 2.05) is 48.5 Å². The quantitative estimate of drug-likeness (QED) is 0.530. The van der Waals surface area contributed by atoms with Crippen LogP contribution in [-0.2, 0) is 6.54 Å². The number of nitrogens with one attached hydrogen (secondary N) is 2. The number of nitrogens with zero attached hydrogens (tertiary/aromatic N) is 3. The normalized spacial score (nSPS) is 10.6. The number of fused-ring (bicyclic) bond motifs is 1. The van der Waals surface area contributed by atoms with Gasteiger partial charge < -0.3 is 10.6 Å². The minimum atomic E-state index is -0.265.